The van der Waals surface area contributed by atoms with Gasteiger partial charge in [0, 0.05) is 21.7 Å². The molecule has 10 aromatic rings. The molecule has 61 heavy (non-hydrogen) atoms. The van der Waals surface area contributed by atoms with E-state index in [1.165, 1.54) is 60.8 Å². The molecule has 0 aliphatic rings. The van der Waals surface area contributed by atoms with Crippen LogP contribution in [0.1, 0.15) is 46.1 Å². The molecule has 0 saturated carbocycles. The van der Waals surface area contributed by atoms with Gasteiger partial charge in [-0.05, 0) is 121 Å². The summed E-state index contributed by atoms with van der Waals surface area (Å²) in [4.78, 5) is 0. The summed E-state index contributed by atoms with van der Waals surface area (Å²) in [5, 5.41) is 3.53. The smallest absolute Gasteiger partial charge is 0.138 e. The molecule has 2 heterocycles. The minimum absolute atomic E-state index is 0.863. The maximum atomic E-state index is 6.45. The third kappa shape index (κ3) is 9.25. The van der Waals surface area contributed by atoms with Crippen molar-refractivity contribution in [2.45, 2.75) is 34.6 Å². The van der Waals surface area contributed by atoms with Crippen LogP contribution >= 0.6 is 0 Å². The molecule has 0 aliphatic heterocycles. The summed E-state index contributed by atoms with van der Waals surface area (Å²) in [6, 6.07) is 65.6. The Morgan fingerprint density at radius 1 is 0.377 bits per heavy atom. The topological polar surface area (TPSA) is 26.3 Å². The molecule has 0 aliphatic carbocycles. The molecular formula is C59H50O2. The zero-order valence-corrected chi connectivity index (χ0v) is 35.5. The summed E-state index contributed by atoms with van der Waals surface area (Å²) in [5.74, 6) is 0.863. The monoisotopic (exact) mass is 790 g/mol. The van der Waals surface area contributed by atoms with Crippen LogP contribution < -0.4 is 0 Å². The van der Waals surface area contributed by atoms with Crippen LogP contribution in [0.4, 0.5) is 0 Å². The van der Waals surface area contributed by atoms with Gasteiger partial charge in [-0.2, -0.15) is 0 Å². The second-order valence-electron chi connectivity index (χ2n) is 15.5. The predicted molar refractivity (Wildman–Crippen MR) is 262 cm³/mol. The van der Waals surface area contributed by atoms with E-state index in [-0.39, 0.29) is 0 Å². The number of furan rings is 2. The van der Waals surface area contributed by atoms with Gasteiger partial charge >= 0.3 is 0 Å². The van der Waals surface area contributed by atoms with E-state index in [1.54, 1.807) is 0 Å². The summed E-state index contributed by atoms with van der Waals surface area (Å²) >= 11 is 0. The summed E-state index contributed by atoms with van der Waals surface area (Å²) in [6.07, 6.45) is 8.40. The number of fused-ring (bicyclic) bond motifs is 4. The quantitative estimate of drug-likeness (QED) is 0.168. The van der Waals surface area contributed by atoms with Crippen LogP contribution in [0.25, 0.3) is 84.5 Å². The van der Waals surface area contributed by atoms with Gasteiger partial charge in [0.25, 0.3) is 0 Å². The van der Waals surface area contributed by atoms with Crippen LogP contribution in [0.5, 0.6) is 0 Å². The Morgan fingerprint density at radius 3 is 1.72 bits per heavy atom. The second-order valence-corrected chi connectivity index (χ2v) is 15.5. The first-order valence-corrected chi connectivity index (χ1v) is 20.9. The van der Waals surface area contributed by atoms with Gasteiger partial charge in [0.2, 0.25) is 0 Å². The van der Waals surface area contributed by atoms with Crippen molar-refractivity contribution in [2.75, 3.05) is 0 Å². The first-order chi connectivity index (χ1) is 29.9. The number of benzene rings is 8. The third-order valence-corrected chi connectivity index (χ3v) is 11.1. The molecule has 0 N–H and O–H groups in total. The summed E-state index contributed by atoms with van der Waals surface area (Å²) in [5.41, 5.74) is 17.5. The van der Waals surface area contributed by atoms with Crippen LogP contribution in [-0.2, 0) is 0 Å². The highest BCUT2D eigenvalue weighted by molar-refractivity contribution is 6.05. The minimum atomic E-state index is 0.863. The Balaban J connectivity index is 0.000000197. The van der Waals surface area contributed by atoms with Gasteiger partial charge in [-0.3, -0.25) is 0 Å². The average molecular weight is 791 g/mol. The highest BCUT2D eigenvalue weighted by atomic mass is 16.3. The van der Waals surface area contributed by atoms with Crippen molar-refractivity contribution in [1.82, 2.24) is 0 Å². The van der Waals surface area contributed by atoms with Crippen molar-refractivity contribution in [3.05, 3.63) is 233 Å². The fourth-order valence-corrected chi connectivity index (χ4v) is 7.76. The molecule has 0 atom stereocenters. The fraction of sp³-hybridized carbons (Fsp3) is 0.0847. The highest BCUT2D eigenvalue weighted by Crippen LogP contribution is 2.36. The molecule has 0 saturated heterocycles. The first-order valence-electron chi connectivity index (χ1n) is 20.9. The lowest BCUT2D eigenvalue weighted by Crippen LogP contribution is -1.88. The first kappa shape index (κ1) is 40.4. The predicted octanol–water partition coefficient (Wildman–Crippen LogP) is 17.1. The second kappa shape index (κ2) is 18.7. The van der Waals surface area contributed by atoms with Crippen molar-refractivity contribution in [1.29, 1.82) is 0 Å². The zero-order valence-electron chi connectivity index (χ0n) is 35.5. The molecule has 0 radical (unpaired) electrons. The van der Waals surface area contributed by atoms with Gasteiger partial charge in [-0.1, -0.05) is 188 Å². The normalized spacial score (nSPS) is 11.2. The van der Waals surface area contributed by atoms with Gasteiger partial charge < -0.3 is 8.83 Å². The van der Waals surface area contributed by atoms with Crippen LogP contribution in [0.15, 0.2) is 203 Å². The molecular weight excluding hydrogens is 741 g/mol. The Hall–Kier alpha value is -7.42. The number of aryl methyl sites for hydroxylation is 4. The molecule has 0 fully saturated rings. The van der Waals surface area contributed by atoms with E-state index in [9.17, 15) is 0 Å². The van der Waals surface area contributed by atoms with Crippen molar-refractivity contribution in [3.8, 4) is 33.4 Å². The number of rotatable bonds is 6. The van der Waals surface area contributed by atoms with Gasteiger partial charge in [0.05, 0.1) is 0 Å². The Labute approximate surface area is 359 Å². The van der Waals surface area contributed by atoms with Crippen molar-refractivity contribution in [2.24, 2.45) is 0 Å². The lowest BCUT2D eigenvalue weighted by Gasteiger charge is -2.12. The van der Waals surface area contributed by atoms with Gasteiger partial charge in [0.15, 0.2) is 0 Å². The molecule has 0 spiro atoms. The minimum Gasteiger partial charge on any atom is -0.456 e. The number of hydrogen-bond acceptors (Lipinski definition) is 2. The van der Waals surface area contributed by atoms with Crippen molar-refractivity contribution >= 4 is 51.1 Å². The Kier molecular flexibility index (Phi) is 12.3. The zero-order chi connectivity index (χ0) is 42.1. The Morgan fingerprint density at radius 2 is 0.984 bits per heavy atom. The van der Waals surface area contributed by atoms with E-state index in [1.807, 2.05) is 49.4 Å². The van der Waals surface area contributed by atoms with E-state index in [0.29, 0.717) is 0 Å². The van der Waals surface area contributed by atoms with Gasteiger partial charge in [-0.25, -0.2) is 0 Å². The summed E-state index contributed by atoms with van der Waals surface area (Å²) < 4.78 is 12.2. The van der Waals surface area contributed by atoms with Crippen LogP contribution in [0.3, 0.4) is 0 Å². The van der Waals surface area contributed by atoms with Gasteiger partial charge in [-0.15, -0.1) is 0 Å². The maximum absolute atomic E-state index is 6.45. The SMILES string of the molecule is C/C=C/c1c(/C=C\c2ccc(-c3ccccc3)cc2)oc2cc(-c3ccc(C)c(-c4ccccc4C)c3)ccc12.Cc1cccc2c1oc1ccccc12.Cc1ccccc1. The average Bonchev–Trinajstić information content (AvgIpc) is 3.86. The summed E-state index contributed by atoms with van der Waals surface area (Å²) in [7, 11) is 0. The van der Waals surface area contributed by atoms with Crippen molar-refractivity contribution in [3.63, 3.8) is 0 Å². The molecule has 2 nitrogen and oxygen atoms in total. The lowest BCUT2D eigenvalue weighted by molar-refractivity contribution is 0.604. The maximum Gasteiger partial charge on any atom is 0.138 e. The molecule has 298 valence electrons. The Bertz CT molecular complexity index is 3100. The van der Waals surface area contributed by atoms with Crippen LogP contribution in [-0.4, -0.2) is 0 Å². The largest absolute Gasteiger partial charge is 0.456 e. The van der Waals surface area contributed by atoms with Crippen LogP contribution in [0.2, 0.25) is 0 Å². The molecule has 0 bridgehead atoms. The molecule has 0 amide bonds. The molecule has 2 aromatic heterocycles. The molecule has 8 aromatic carbocycles. The number of allylic oxidation sites excluding steroid dienone is 1. The van der Waals surface area contributed by atoms with E-state index >= 15 is 0 Å². The standard InChI is InChI=1S/C39H32O.C13H10O.C7H8/c1-4-10-35-36-23-22-33(32-19-15-28(3)37(25-32)34-14-9-8-11-27(34)2)26-39(36)40-38(35)24-18-29-16-20-31(21-17-29)30-12-6-5-7-13-30;1-9-5-4-7-11-10-6-2-3-8-12(10)14-13(9)11;1-7-5-3-2-4-6-7/h4-26H,1-3H3;2-8H,1H3;2-6H,1H3/b10-4+,24-18-;;. The van der Waals surface area contributed by atoms with Crippen molar-refractivity contribution < 1.29 is 8.83 Å². The summed E-state index contributed by atoms with van der Waals surface area (Å²) in [6.45, 7) is 10.6. The lowest BCUT2D eigenvalue weighted by atomic mass is 9.92. The number of hydrogen-bond donors (Lipinski definition) is 0. The molecule has 0 unspecified atom stereocenters. The highest BCUT2D eigenvalue weighted by Gasteiger charge is 2.13. The van der Waals surface area contributed by atoms with Crippen LogP contribution in [0, 0.1) is 27.7 Å². The molecule has 10 rings (SSSR count). The molecule has 2 heteroatoms. The number of para-hydroxylation sites is 2. The third-order valence-electron chi connectivity index (χ3n) is 11.1. The van der Waals surface area contributed by atoms with E-state index in [4.69, 9.17) is 8.83 Å². The van der Waals surface area contributed by atoms with Gasteiger partial charge in [0.1, 0.15) is 22.5 Å². The van der Waals surface area contributed by atoms with E-state index in [0.717, 1.165) is 44.6 Å². The fourth-order valence-electron chi connectivity index (χ4n) is 7.76. The van der Waals surface area contributed by atoms with E-state index in [2.05, 4.69) is 198 Å². The van der Waals surface area contributed by atoms with E-state index < -0.39 is 0 Å².